The summed E-state index contributed by atoms with van der Waals surface area (Å²) in [7, 11) is 0.0696. The van der Waals surface area contributed by atoms with Crippen LogP contribution in [0.2, 0.25) is 18.1 Å². The van der Waals surface area contributed by atoms with Gasteiger partial charge in [-0.05, 0) is 31.0 Å². The highest BCUT2D eigenvalue weighted by atomic mass is 32.1. The van der Waals surface area contributed by atoms with Crippen LogP contribution >= 0.6 is 11.3 Å². The number of rotatable bonds is 6. The molecule has 0 spiro atoms. The molecule has 1 aliphatic rings. The Morgan fingerprint density at radius 1 is 1.41 bits per heavy atom. The van der Waals surface area contributed by atoms with E-state index in [9.17, 15) is 0 Å². The summed E-state index contributed by atoms with van der Waals surface area (Å²) < 4.78 is 11.6. The zero-order chi connectivity index (χ0) is 16.4. The van der Waals surface area contributed by atoms with Gasteiger partial charge in [-0.3, -0.25) is 0 Å². The van der Waals surface area contributed by atoms with E-state index in [1.807, 2.05) is 0 Å². The molecule has 0 aliphatic carbocycles. The predicted octanol–water partition coefficient (Wildman–Crippen LogP) is 4.28. The lowest BCUT2D eigenvalue weighted by Gasteiger charge is -2.35. The first-order valence-electron chi connectivity index (χ1n) is 8.08. The van der Waals surface area contributed by atoms with E-state index >= 15 is 0 Å². The predicted molar refractivity (Wildman–Crippen MR) is 96.3 cm³/mol. The average molecular weight is 343 g/mol. The third-order valence-electron chi connectivity index (χ3n) is 4.91. The summed E-state index contributed by atoms with van der Waals surface area (Å²) in [5, 5.41) is 3.50. The van der Waals surface area contributed by atoms with Crippen LogP contribution in [0.5, 0.6) is 0 Å². The number of methoxy groups -OCH3 is 1. The van der Waals surface area contributed by atoms with E-state index in [1.54, 1.807) is 18.4 Å². The minimum Gasteiger partial charge on any atom is -0.411 e. The van der Waals surface area contributed by atoms with Crippen molar-refractivity contribution < 1.29 is 9.16 Å². The zero-order valence-electron chi connectivity index (χ0n) is 14.8. The van der Waals surface area contributed by atoms with Gasteiger partial charge in [0, 0.05) is 19.0 Å². The second kappa shape index (κ2) is 6.99. The third kappa shape index (κ3) is 4.10. The average Bonchev–Trinajstić information content (AvgIpc) is 3.03. The molecule has 0 aromatic carbocycles. The van der Waals surface area contributed by atoms with Crippen LogP contribution in [0.1, 0.15) is 39.3 Å². The van der Waals surface area contributed by atoms with Crippen LogP contribution in [0.4, 0.5) is 5.13 Å². The molecular weight excluding hydrogens is 312 g/mol. The fraction of sp³-hybridized carbons (Fsp3) is 0.812. The van der Waals surface area contributed by atoms with E-state index in [1.165, 1.54) is 12.8 Å². The Balaban J connectivity index is 1.97. The number of nitrogens with zero attached hydrogens (tertiary/aromatic N) is 2. The van der Waals surface area contributed by atoms with Gasteiger partial charge in [0.2, 0.25) is 0 Å². The largest absolute Gasteiger partial charge is 0.411 e. The highest BCUT2D eigenvalue weighted by molar-refractivity contribution is 7.13. The lowest BCUT2D eigenvalue weighted by atomic mass is 10.2. The molecule has 1 aliphatic heterocycles. The Labute approximate surface area is 140 Å². The van der Waals surface area contributed by atoms with E-state index in [-0.39, 0.29) is 5.04 Å². The van der Waals surface area contributed by atoms with Gasteiger partial charge in [0.25, 0.3) is 0 Å². The lowest BCUT2D eigenvalue weighted by molar-refractivity contribution is 0.181. The van der Waals surface area contributed by atoms with Crippen molar-refractivity contribution in [3.63, 3.8) is 0 Å². The highest BCUT2D eigenvalue weighted by Crippen LogP contribution is 2.37. The molecule has 126 valence electrons. The smallest absolute Gasteiger partial charge is 0.192 e. The number of hydrogen-bond donors (Lipinski definition) is 0. The van der Waals surface area contributed by atoms with E-state index in [2.05, 4.69) is 44.1 Å². The topological polar surface area (TPSA) is 34.6 Å². The molecule has 1 aromatic rings. The molecule has 0 saturated carbocycles. The molecule has 1 aromatic heterocycles. The summed E-state index contributed by atoms with van der Waals surface area (Å²) in [4.78, 5) is 7.19. The molecule has 2 rings (SSSR count). The molecule has 2 heterocycles. The van der Waals surface area contributed by atoms with Crippen molar-refractivity contribution in [2.45, 2.75) is 64.4 Å². The van der Waals surface area contributed by atoms with E-state index < -0.39 is 8.32 Å². The first-order chi connectivity index (χ1) is 10.2. The third-order valence-corrected chi connectivity index (χ3v) is 10.3. The van der Waals surface area contributed by atoms with Gasteiger partial charge in [-0.2, -0.15) is 0 Å². The van der Waals surface area contributed by atoms with Gasteiger partial charge in [0.15, 0.2) is 13.4 Å². The maximum absolute atomic E-state index is 6.27. The van der Waals surface area contributed by atoms with Gasteiger partial charge in [-0.25, -0.2) is 4.98 Å². The summed E-state index contributed by atoms with van der Waals surface area (Å²) in [5.74, 6) is 0. The SMILES string of the molecule is COCC1CCCN1c1nc(CO[Si](C)(C)C(C)(C)C)cs1. The van der Waals surface area contributed by atoms with Crippen molar-refractivity contribution in [1.82, 2.24) is 4.98 Å². The van der Waals surface area contributed by atoms with E-state index in [0.29, 0.717) is 12.6 Å². The maximum Gasteiger partial charge on any atom is 0.192 e. The quantitative estimate of drug-likeness (QED) is 0.723. The fourth-order valence-corrected chi connectivity index (χ4v) is 4.27. The van der Waals surface area contributed by atoms with E-state index in [0.717, 1.165) is 24.0 Å². The summed E-state index contributed by atoms with van der Waals surface area (Å²) in [6.07, 6.45) is 2.42. The van der Waals surface area contributed by atoms with Crippen LogP contribution in [-0.4, -0.2) is 39.6 Å². The van der Waals surface area contributed by atoms with Gasteiger partial charge in [-0.1, -0.05) is 20.8 Å². The Morgan fingerprint density at radius 2 is 2.14 bits per heavy atom. The zero-order valence-corrected chi connectivity index (χ0v) is 16.6. The van der Waals surface area contributed by atoms with Gasteiger partial charge >= 0.3 is 0 Å². The minimum absolute atomic E-state index is 0.240. The Hall–Kier alpha value is -0.433. The number of hydrogen-bond acceptors (Lipinski definition) is 5. The van der Waals surface area contributed by atoms with Crippen LogP contribution < -0.4 is 4.90 Å². The maximum atomic E-state index is 6.27. The number of thiazole rings is 1. The first-order valence-corrected chi connectivity index (χ1v) is 11.9. The Kier molecular flexibility index (Phi) is 5.69. The summed E-state index contributed by atoms with van der Waals surface area (Å²) in [6.45, 7) is 13.9. The standard InChI is InChI=1S/C16H30N2O2SSi/c1-16(2,3)22(5,6)20-10-13-12-21-15(17-13)18-9-7-8-14(18)11-19-4/h12,14H,7-11H2,1-6H3. The Bertz CT molecular complexity index is 485. The van der Waals surface area contributed by atoms with Crippen molar-refractivity contribution in [1.29, 1.82) is 0 Å². The monoisotopic (exact) mass is 342 g/mol. The molecule has 0 N–H and O–H groups in total. The molecule has 6 heteroatoms. The summed E-state index contributed by atoms with van der Waals surface area (Å²) in [6, 6.07) is 0.477. The van der Waals surface area contributed by atoms with Gasteiger partial charge in [-0.15, -0.1) is 11.3 Å². The minimum atomic E-state index is -1.71. The van der Waals surface area contributed by atoms with Crippen molar-refractivity contribution in [3.8, 4) is 0 Å². The van der Waals surface area contributed by atoms with Crippen molar-refractivity contribution in [2.75, 3.05) is 25.2 Å². The normalized spacial score (nSPS) is 19.9. The fourth-order valence-electron chi connectivity index (χ4n) is 2.42. The number of aromatic nitrogens is 1. The second-order valence-electron chi connectivity index (χ2n) is 7.62. The molecule has 0 bridgehead atoms. The van der Waals surface area contributed by atoms with Crippen LogP contribution in [0, 0.1) is 0 Å². The molecule has 1 unspecified atom stereocenters. The summed E-state index contributed by atoms with van der Waals surface area (Å²) >= 11 is 1.73. The first kappa shape index (κ1) is 17.9. The van der Waals surface area contributed by atoms with Gasteiger partial charge in [0.05, 0.1) is 24.9 Å². The van der Waals surface area contributed by atoms with Crippen molar-refractivity contribution in [3.05, 3.63) is 11.1 Å². The lowest BCUT2D eigenvalue weighted by Crippen LogP contribution is -2.40. The van der Waals surface area contributed by atoms with Crippen LogP contribution in [0.3, 0.4) is 0 Å². The molecule has 0 radical (unpaired) electrons. The van der Waals surface area contributed by atoms with Crippen molar-refractivity contribution in [2.24, 2.45) is 0 Å². The van der Waals surface area contributed by atoms with Gasteiger partial charge in [0.1, 0.15) is 0 Å². The molecule has 1 saturated heterocycles. The van der Waals surface area contributed by atoms with Gasteiger partial charge < -0.3 is 14.1 Å². The van der Waals surface area contributed by atoms with E-state index in [4.69, 9.17) is 14.1 Å². The van der Waals surface area contributed by atoms with Crippen LogP contribution in [-0.2, 0) is 15.8 Å². The molecular formula is C16H30N2O2SSi. The van der Waals surface area contributed by atoms with Crippen LogP contribution in [0.25, 0.3) is 0 Å². The molecule has 4 nitrogen and oxygen atoms in total. The molecule has 0 amide bonds. The Morgan fingerprint density at radius 3 is 2.77 bits per heavy atom. The summed E-state index contributed by atoms with van der Waals surface area (Å²) in [5.41, 5.74) is 1.06. The molecule has 1 fully saturated rings. The molecule has 22 heavy (non-hydrogen) atoms. The number of ether oxygens (including phenoxy) is 1. The highest BCUT2D eigenvalue weighted by Gasteiger charge is 2.37. The molecule has 1 atom stereocenters. The van der Waals surface area contributed by atoms with Crippen molar-refractivity contribution >= 4 is 24.8 Å². The number of anilines is 1. The second-order valence-corrected chi connectivity index (χ2v) is 13.3. The van der Waals surface area contributed by atoms with Crippen LogP contribution in [0.15, 0.2) is 5.38 Å².